The van der Waals surface area contributed by atoms with Crippen molar-refractivity contribution in [1.29, 1.82) is 0 Å². The van der Waals surface area contributed by atoms with Gasteiger partial charge in [0, 0.05) is 18.4 Å². The zero-order chi connectivity index (χ0) is 12.8. The molecule has 0 aliphatic heterocycles. The number of aliphatic hydroxyl groups is 1. The van der Waals surface area contributed by atoms with Gasteiger partial charge in [0.05, 0.1) is 12.5 Å². The fourth-order valence-electron chi connectivity index (χ4n) is 1.52. The van der Waals surface area contributed by atoms with Crippen molar-refractivity contribution in [2.45, 2.75) is 12.5 Å². The number of nitrogens with one attached hydrogen (secondary N) is 1. The molecule has 0 aliphatic carbocycles. The molecule has 0 bridgehead atoms. The number of thiophene rings is 1. The summed E-state index contributed by atoms with van der Waals surface area (Å²) in [6, 6.07) is 7.30. The molecule has 18 heavy (non-hydrogen) atoms. The maximum Gasteiger partial charge on any atom is 0.226 e. The first-order chi connectivity index (χ1) is 8.75. The van der Waals surface area contributed by atoms with Crippen molar-refractivity contribution in [3.8, 4) is 0 Å². The van der Waals surface area contributed by atoms with Crippen LogP contribution in [-0.2, 0) is 11.2 Å². The molecule has 2 aromatic rings. The molecule has 1 unspecified atom stereocenters. The monoisotopic (exact) mass is 262 g/mol. The normalized spacial score (nSPS) is 12.1. The Labute approximate surface area is 109 Å². The maximum absolute atomic E-state index is 11.6. The zero-order valence-corrected chi connectivity index (χ0v) is 10.6. The smallest absolute Gasteiger partial charge is 0.226 e. The van der Waals surface area contributed by atoms with Crippen LogP contribution in [0.25, 0.3) is 0 Å². The number of carbonyl (C=O) groups excluding carboxylic acids is 1. The Balaban J connectivity index is 1.79. The molecule has 5 heteroatoms. The van der Waals surface area contributed by atoms with Crippen LogP contribution in [0.2, 0.25) is 0 Å². The van der Waals surface area contributed by atoms with Crippen LogP contribution in [0.15, 0.2) is 41.2 Å². The summed E-state index contributed by atoms with van der Waals surface area (Å²) in [4.78, 5) is 15.7. The van der Waals surface area contributed by atoms with Crippen LogP contribution in [0.4, 0.5) is 0 Å². The molecule has 0 saturated carbocycles. The van der Waals surface area contributed by atoms with Gasteiger partial charge in [0.2, 0.25) is 5.91 Å². The minimum atomic E-state index is -0.649. The third-order valence-electron chi connectivity index (χ3n) is 2.49. The molecule has 2 rings (SSSR count). The largest absolute Gasteiger partial charge is 0.387 e. The third kappa shape index (κ3) is 3.65. The number of pyridine rings is 1. The van der Waals surface area contributed by atoms with Crippen LogP contribution >= 0.6 is 11.3 Å². The van der Waals surface area contributed by atoms with Crippen molar-refractivity contribution in [1.82, 2.24) is 10.3 Å². The number of carbonyl (C=O) groups is 1. The lowest BCUT2D eigenvalue weighted by Crippen LogP contribution is -2.29. The van der Waals surface area contributed by atoms with E-state index in [2.05, 4.69) is 10.3 Å². The summed E-state index contributed by atoms with van der Waals surface area (Å²) in [7, 11) is 0. The molecule has 0 radical (unpaired) electrons. The standard InChI is InChI=1S/C13H14N2O2S/c16-12(10-4-6-18-9-10)8-15-13(17)7-11-3-1-2-5-14-11/h1-6,9,12,16H,7-8H2,(H,15,17). The molecule has 0 fully saturated rings. The number of aliphatic hydroxyl groups excluding tert-OH is 1. The van der Waals surface area contributed by atoms with Gasteiger partial charge in [-0.25, -0.2) is 0 Å². The van der Waals surface area contributed by atoms with E-state index >= 15 is 0 Å². The second-order valence-corrected chi connectivity index (χ2v) is 4.65. The summed E-state index contributed by atoms with van der Waals surface area (Å²) < 4.78 is 0. The van der Waals surface area contributed by atoms with E-state index in [1.807, 2.05) is 29.0 Å². The van der Waals surface area contributed by atoms with E-state index in [0.717, 1.165) is 11.3 Å². The fraction of sp³-hybridized carbons (Fsp3) is 0.231. The number of amides is 1. The van der Waals surface area contributed by atoms with Crippen LogP contribution < -0.4 is 5.32 Å². The summed E-state index contributed by atoms with van der Waals surface area (Å²) >= 11 is 1.52. The molecule has 2 aromatic heterocycles. The first-order valence-electron chi connectivity index (χ1n) is 5.62. The van der Waals surface area contributed by atoms with Crippen LogP contribution in [0.3, 0.4) is 0 Å². The lowest BCUT2D eigenvalue weighted by Gasteiger charge is -2.10. The predicted molar refractivity (Wildman–Crippen MR) is 70.2 cm³/mol. The topological polar surface area (TPSA) is 62.2 Å². The minimum Gasteiger partial charge on any atom is -0.387 e. The van der Waals surface area contributed by atoms with E-state index in [1.165, 1.54) is 11.3 Å². The highest BCUT2D eigenvalue weighted by Gasteiger charge is 2.10. The highest BCUT2D eigenvalue weighted by molar-refractivity contribution is 7.07. The summed E-state index contributed by atoms with van der Waals surface area (Å²) in [5.41, 5.74) is 1.55. The lowest BCUT2D eigenvalue weighted by atomic mass is 10.2. The molecule has 1 atom stereocenters. The molecule has 0 saturated heterocycles. The summed E-state index contributed by atoms with van der Waals surface area (Å²) in [5.74, 6) is -0.136. The van der Waals surface area contributed by atoms with Crippen molar-refractivity contribution >= 4 is 17.2 Å². The summed E-state index contributed by atoms with van der Waals surface area (Å²) in [6.07, 6.45) is 1.24. The van der Waals surface area contributed by atoms with Crippen molar-refractivity contribution < 1.29 is 9.90 Å². The number of hydrogen-bond acceptors (Lipinski definition) is 4. The molecular weight excluding hydrogens is 248 g/mol. The number of rotatable bonds is 5. The molecule has 0 aromatic carbocycles. The molecule has 2 N–H and O–H groups in total. The minimum absolute atomic E-state index is 0.136. The van der Waals surface area contributed by atoms with E-state index in [0.29, 0.717) is 0 Å². The van der Waals surface area contributed by atoms with Gasteiger partial charge < -0.3 is 10.4 Å². The summed E-state index contributed by atoms with van der Waals surface area (Å²) in [6.45, 7) is 0.225. The quantitative estimate of drug-likeness (QED) is 0.859. The van der Waals surface area contributed by atoms with Crippen LogP contribution in [-0.4, -0.2) is 22.5 Å². The van der Waals surface area contributed by atoms with Gasteiger partial charge >= 0.3 is 0 Å². The van der Waals surface area contributed by atoms with Crippen molar-refractivity contribution in [3.05, 3.63) is 52.5 Å². The average Bonchev–Trinajstić information content (AvgIpc) is 2.91. The van der Waals surface area contributed by atoms with Gasteiger partial charge in [0.15, 0.2) is 0 Å². The molecule has 1 amide bonds. The van der Waals surface area contributed by atoms with Crippen LogP contribution in [0.1, 0.15) is 17.4 Å². The van der Waals surface area contributed by atoms with E-state index in [1.54, 1.807) is 12.3 Å². The fourth-order valence-corrected chi connectivity index (χ4v) is 2.23. The number of aromatic nitrogens is 1. The molecule has 94 valence electrons. The lowest BCUT2D eigenvalue weighted by molar-refractivity contribution is -0.120. The van der Waals surface area contributed by atoms with Gasteiger partial charge in [-0.1, -0.05) is 6.07 Å². The Morgan fingerprint density at radius 1 is 1.44 bits per heavy atom. The first kappa shape index (κ1) is 12.7. The summed E-state index contributed by atoms with van der Waals surface area (Å²) in [5, 5.41) is 16.3. The molecule has 4 nitrogen and oxygen atoms in total. The number of hydrogen-bond donors (Lipinski definition) is 2. The molecule has 2 heterocycles. The van der Waals surface area contributed by atoms with Crippen LogP contribution in [0, 0.1) is 0 Å². The Bertz CT molecular complexity index is 485. The average molecular weight is 262 g/mol. The third-order valence-corrected chi connectivity index (χ3v) is 3.19. The first-order valence-corrected chi connectivity index (χ1v) is 6.57. The van der Waals surface area contributed by atoms with Crippen molar-refractivity contribution in [2.75, 3.05) is 6.54 Å². The molecule has 0 spiro atoms. The SMILES string of the molecule is O=C(Cc1ccccn1)NCC(O)c1ccsc1. The van der Waals surface area contributed by atoms with Crippen molar-refractivity contribution in [2.24, 2.45) is 0 Å². The Hall–Kier alpha value is -1.72. The van der Waals surface area contributed by atoms with E-state index in [4.69, 9.17) is 0 Å². The maximum atomic E-state index is 11.6. The Morgan fingerprint density at radius 3 is 3.00 bits per heavy atom. The van der Waals surface area contributed by atoms with Gasteiger partial charge in [-0.05, 0) is 34.5 Å². The van der Waals surface area contributed by atoms with E-state index in [9.17, 15) is 9.90 Å². The number of nitrogens with zero attached hydrogens (tertiary/aromatic N) is 1. The Morgan fingerprint density at radius 2 is 2.33 bits per heavy atom. The highest BCUT2D eigenvalue weighted by Crippen LogP contribution is 2.14. The van der Waals surface area contributed by atoms with Gasteiger partial charge in [-0.15, -0.1) is 0 Å². The second kappa shape index (κ2) is 6.28. The second-order valence-electron chi connectivity index (χ2n) is 3.87. The zero-order valence-electron chi connectivity index (χ0n) is 9.74. The Kier molecular flexibility index (Phi) is 4.44. The van der Waals surface area contributed by atoms with Gasteiger partial charge in [0.1, 0.15) is 0 Å². The van der Waals surface area contributed by atoms with Crippen LogP contribution in [0.5, 0.6) is 0 Å². The highest BCUT2D eigenvalue weighted by atomic mass is 32.1. The van der Waals surface area contributed by atoms with Gasteiger partial charge in [-0.3, -0.25) is 9.78 Å². The van der Waals surface area contributed by atoms with Gasteiger partial charge in [0.25, 0.3) is 0 Å². The predicted octanol–water partition coefficient (Wildman–Crippen LogP) is 1.54. The van der Waals surface area contributed by atoms with E-state index in [-0.39, 0.29) is 18.9 Å². The van der Waals surface area contributed by atoms with Crippen molar-refractivity contribution in [3.63, 3.8) is 0 Å². The molecule has 0 aliphatic rings. The van der Waals surface area contributed by atoms with Gasteiger partial charge in [-0.2, -0.15) is 11.3 Å². The molecular formula is C13H14N2O2S. The van der Waals surface area contributed by atoms with E-state index < -0.39 is 6.10 Å².